The average Bonchev–Trinajstić information content (AvgIpc) is 3.29. The number of rotatable bonds is 7. The van der Waals surface area contributed by atoms with Crippen molar-refractivity contribution in [1.82, 2.24) is 15.1 Å². The fraction of sp³-hybridized carbons (Fsp3) is 0.208. The maximum absolute atomic E-state index is 11.1. The lowest BCUT2D eigenvalue weighted by Crippen LogP contribution is -2.06. The first-order valence-corrected chi connectivity index (χ1v) is 10.0. The third kappa shape index (κ3) is 4.35. The summed E-state index contributed by atoms with van der Waals surface area (Å²) in [5.74, 6) is 1.39. The smallest absolute Gasteiger partial charge is 0.234 e. The minimum atomic E-state index is -0.222. The van der Waals surface area contributed by atoms with Gasteiger partial charge < -0.3 is 9.84 Å². The predicted molar refractivity (Wildman–Crippen MR) is 120 cm³/mol. The summed E-state index contributed by atoms with van der Waals surface area (Å²) in [6, 6.07) is 17.3. The van der Waals surface area contributed by atoms with Crippen LogP contribution in [0.4, 0.5) is 11.5 Å². The van der Waals surface area contributed by atoms with Crippen LogP contribution in [0.1, 0.15) is 34.1 Å². The third-order valence-corrected chi connectivity index (χ3v) is 5.41. The zero-order chi connectivity index (χ0) is 21.8. The number of nitrogens with one attached hydrogen (secondary N) is 1. The van der Waals surface area contributed by atoms with Crippen LogP contribution in [0.2, 0.25) is 0 Å². The van der Waals surface area contributed by atoms with E-state index in [0.717, 1.165) is 16.7 Å². The molecular formula is C24H23N5O2. The van der Waals surface area contributed by atoms with E-state index in [1.54, 1.807) is 25.4 Å². The van der Waals surface area contributed by atoms with Gasteiger partial charge >= 0.3 is 0 Å². The van der Waals surface area contributed by atoms with Gasteiger partial charge in [0.25, 0.3) is 0 Å². The predicted octanol–water partition coefficient (Wildman–Crippen LogP) is 5.56. The Bertz CT molecular complexity index is 1220. The van der Waals surface area contributed by atoms with Gasteiger partial charge in [0.05, 0.1) is 11.5 Å². The summed E-state index contributed by atoms with van der Waals surface area (Å²) in [5.41, 5.74) is 5.63. The van der Waals surface area contributed by atoms with Gasteiger partial charge in [0.1, 0.15) is 11.5 Å². The standard InChI is InChI=1S/C24H23N5O2/c1-15-9-10-17(12-16(15)2)13-21(18-6-4-7-19(14-18)28-30)24-27-23(29-31-24)20-8-5-11-26-22(20)25-3/h4-12,14,21H,13H2,1-3H3,(H,25,26). The maximum Gasteiger partial charge on any atom is 0.234 e. The number of hydrogen-bond acceptors (Lipinski definition) is 7. The van der Waals surface area contributed by atoms with Crippen LogP contribution < -0.4 is 5.32 Å². The summed E-state index contributed by atoms with van der Waals surface area (Å²) in [4.78, 5) is 20.1. The van der Waals surface area contributed by atoms with E-state index in [1.165, 1.54) is 11.1 Å². The molecule has 31 heavy (non-hydrogen) atoms. The SMILES string of the molecule is CNc1ncccc1-c1noc(C(Cc2ccc(C)c(C)c2)c2cccc(N=O)c2)n1. The van der Waals surface area contributed by atoms with E-state index in [4.69, 9.17) is 9.51 Å². The molecular weight excluding hydrogens is 390 g/mol. The normalized spacial score (nSPS) is 11.8. The second-order valence-electron chi connectivity index (χ2n) is 7.47. The van der Waals surface area contributed by atoms with Crippen molar-refractivity contribution < 1.29 is 4.52 Å². The number of anilines is 1. The molecule has 156 valence electrons. The molecule has 0 aliphatic heterocycles. The molecule has 0 amide bonds. The van der Waals surface area contributed by atoms with Crippen LogP contribution in [0, 0.1) is 18.8 Å². The van der Waals surface area contributed by atoms with Gasteiger partial charge in [0.2, 0.25) is 11.7 Å². The summed E-state index contributed by atoms with van der Waals surface area (Å²) >= 11 is 0. The van der Waals surface area contributed by atoms with Crippen LogP contribution in [0.5, 0.6) is 0 Å². The number of aryl methyl sites for hydroxylation is 2. The summed E-state index contributed by atoms with van der Waals surface area (Å²) < 4.78 is 5.71. The second-order valence-corrected chi connectivity index (χ2v) is 7.47. The Morgan fingerprint density at radius 1 is 1.06 bits per heavy atom. The maximum atomic E-state index is 11.1. The Hall–Kier alpha value is -3.87. The molecule has 0 aliphatic carbocycles. The van der Waals surface area contributed by atoms with Crippen LogP contribution >= 0.6 is 0 Å². The topological polar surface area (TPSA) is 93.3 Å². The zero-order valence-corrected chi connectivity index (χ0v) is 17.7. The number of nitroso groups, excluding NO2 is 1. The fourth-order valence-corrected chi connectivity index (χ4v) is 3.58. The summed E-state index contributed by atoms with van der Waals surface area (Å²) in [6.45, 7) is 4.19. The molecule has 0 aliphatic rings. The van der Waals surface area contributed by atoms with Gasteiger partial charge in [-0.2, -0.15) is 4.98 Å². The highest BCUT2D eigenvalue weighted by atomic mass is 16.5. The number of pyridine rings is 1. The van der Waals surface area contributed by atoms with Crippen LogP contribution in [0.3, 0.4) is 0 Å². The average molecular weight is 413 g/mol. The number of nitrogens with zero attached hydrogens (tertiary/aromatic N) is 4. The van der Waals surface area contributed by atoms with Crippen molar-refractivity contribution in [3.8, 4) is 11.4 Å². The molecule has 0 saturated carbocycles. The van der Waals surface area contributed by atoms with Crippen LogP contribution in [0.15, 0.2) is 70.5 Å². The minimum Gasteiger partial charge on any atom is -0.373 e. The van der Waals surface area contributed by atoms with Gasteiger partial charge in [-0.05, 0) is 72.0 Å². The van der Waals surface area contributed by atoms with Gasteiger partial charge in [-0.15, -0.1) is 4.91 Å². The van der Waals surface area contributed by atoms with Gasteiger partial charge in [0, 0.05) is 13.2 Å². The third-order valence-electron chi connectivity index (χ3n) is 5.41. The molecule has 2 aromatic heterocycles. The first kappa shape index (κ1) is 20.4. The molecule has 0 spiro atoms. The van der Waals surface area contributed by atoms with Gasteiger partial charge in [0.15, 0.2) is 0 Å². The highest BCUT2D eigenvalue weighted by Gasteiger charge is 2.24. The lowest BCUT2D eigenvalue weighted by atomic mass is 9.90. The van der Waals surface area contributed by atoms with Crippen molar-refractivity contribution in [3.63, 3.8) is 0 Å². The molecule has 0 saturated heterocycles. The van der Waals surface area contributed by atoms with Crippen molar-refractivity contribution in [1.29, 1.82) is 0 Å². The van der Waals surface area contributed by atoms with E-state index in [0.29, 0.717) is 29.6 Å². The molecule has 0 bridgehead atoms. The highest BCUT2D eigenvalue weighted by molar-refractivity contribution is 5.69. The first-order chi connectivity index (χ1) is 15.1. The van der Waals surface area contributed by atoms with Crippen LogP contribution in [-0.2, 0) is 6.42 Å². The number of aromatic nitrogens is 3. The Kier molecular flexibility index (Phi) is 5.84. The van der Waals surface area contributed by atoms with E-state index in [1.807, 2.05) is 24.3 Å². The Morgan fingerprint density at radius 2 is 1.94 bits per heavy atom. The van der Waals surface area contributed by atoms with E-state index in [-0.39, 0.29) is 5.92 Å². The molecule has 4 rings (SSSR count). The monoisotopic (exact) mass is 413 g/mol. The molecule has 0 fully saturated rings. The number of hydrogen-bond donors (Lipinski definition) is 1. The van der Waals surface area contributed by atoms with E-state index in [2.05, 4.69) is 52.7 Å². The van der Waals surface area contributed by atoms with Crippen molar-refractivity contribution in [2.45, 2.75) is 26.2 Å². The second kappa shape index (κ2) is 8.87. The van der Waals surface area contributed by atoms with Gasteiger partial charge in [-0.3, -0.25) is 0 Å². The molecule has 7 nitrogen and oxygen atoms in total. The molecule has 2 aromatic carbocycles. The van der Waals surface area contributed by atoms with E-state index >= 15 is 0 Å². The molecule has 2 heterocycles. The lowest BCUT2D eigenvalue weighted by Gasteiger charge is -2.15. The van der Waals surface area contributed by atoms with Crippen molar-refractivity contribution in [3.05, 3.63) is 93.8 Å². The van der Waals surface area contributed by atoms with Crippen molar-refractivity contribution in [2.24, 2.45) is 5.18 Å². The quantitative estimate of drug-likeness (QED) is 0.399. The van der Waals surface area contributed by atoms with Crippen molar-refractivity contribution in [2.75, 3.05) is 12.4 Å². The Labute approximate surface area is 180 Å². The molecule has 0 radical (unpaired) electrons. The van der Waals surface area contributed by atoms with E-state index in [9.17, 15) is 4.91 Å². The van der Waals surface area contributed by atoms with Crippen LogP contribution in [-0.4, -0.2) is 22.2 Å². The molecule has 1 atom stereocenters. The Morgan fingerprint density at radius 3 is 2.71 bits per heavy atom. The first-order valence-electron chi connectivity index (χ1n) is 10.0. The molecule has 7 heteroatoms. The fourth-order valence-electron chi connectivity index (χ4n) is 3.58. The highest BCUT2D eigenvalue weighted by Crippen LogP contribution is 2.32. The Balaban J connectivity index is 1.76. The molecule has 1 N–H and O–H groups in total. The molecule has 1 unspecified atom stereocenters. The zero-order valence-electron chi connectivity index (χ0n) is 17.7. The van der Waals surface area contributed by atoms with E-state index < -0.39 is 0 Å². The minimum absolute atomic E-state index is 0.222. The summed E-state index contributed by atoms with van der Waals surface area (Å²) in [6.07, 6.45) is 2.35. The summed E-state index contributed by atoms with van der Waals surface area (Å²) in [5, 5.41) is 10.3. The van der Waals surface area contributed by atoms with Crippen molar-refractivity contribution >= 4 is 11.5 Å². The van der Waals surface area contributed by atoms with Gasteiger partial charge in [-0.1, -0.05) is 35.5 Å². The number of benzene rings is 2. The van der Waals surface area contributed by atoms with Gasteiger partial charge in [-0.25, -0.2) is 4.98 Å². The molecule has 4 aromatic rings. The summed E-state index contributed by atoms with van der Waals surface area (Å²) in [7, 11) is 1.80. The van der Waals surface area contributed by atoms with Crippen LogP contribution in [0.25, 0.3) is 11.4 Å². The largest absolute Gasteiger partial charge is 0.373 e. The lowest BCUT2D eigenvalue weighted by molar-refractivity contribution is 0.365.